The van der Waals surface area contributed by atoms with E-state index in [1.807, 2.05) is 0 Å². The van der Waals surface area contributed by atoms with Crippen LogP contribution in [0.1, 0.15) is 28.8 Å². The smallest absolute Gasteiger partial charge is 0.323 e. The van der Waals surface area contributed by atoms with E-state index in [9.17, 15) is 24.0 Å². The molecular weight excluding hydrogens is 456 g/mol. The molecule has 0 saturated carbocycles. The average molecular weight is 485 g/mol. The molecule has 1 fully saturated rings. The molecule has 0 aliphatic carbocycles. The third kappa shape index (κ3) is 8.03. The highest BCUT2D eigenvalue weighted by molar-refractivity contribution is 5.98. The van der Waals surface area contributed by atoms with Gasteiger partial charge in [-0.3, -0.25) is 24.0 Å². The third-order valence-electron chi connectivity index (χ3n) is 5.14. The third-order valence-corrected chi connectivity index (χ3v) is 5.14. The van der Waals surface area contributed by atoms with Crippen molar-refractivity contribution >= 4 is 42.1 Å². The number of halogens is 1. The Balaban J connectivity index is 0.00000544. The van der Waals surface area contributed by atoms with E-state index in [0.29, 0.717) is 18.5 Å². The minimum atomic E-state index is -1.15. The van der Waals surface area contributed by atoms with E-state index in [2.05, 4.69) is 10.1 Å². The SMILES string of the molecule is COC(=O)CC[C@H]1C(=O)N(CC(=O)O)CCN1C(=O)c1ccc(CCNC(=O)CN)cc1.Cl. The fraction of sp³-hybridized carbons (Fsp3) is 0.476. The van der Waals surface area contributed by atoms with Crippen molar-refractivity contribution in [2.45, 2.75) is 25.3 Å². The van der Waals surface area contributed by atoms with Crippen LogP contribution < -0.4 is 11.1 Å². The fourth-order valence-electron chi connectivity index (χ4n) is 3.44. The summed E-state index contributed by atoms with van der Waals surface area (Å²) in [5.41, 5.74) is 6.51. The number of carbonyl (C=O) groups excluding carboxylic acids is 4. The molecule has 1 aliphatic rings. The van der Waals surface area contributed by atoms with Gasteiger partial charge in [0, 0.05) is 31.6 Å². The Morgan fingerprint density at radius 2 is 1.85 bits per heavy atom. The minimum absolute atomic E-state index is 0. The number of nitrogens with one attached hydrogen (secondary N) is 1. The van der Waals surface area contributed by atoms with Gasteiger partial charge in [0.1, 0.15) is 12.6 Å². The summed E-state index contributed by atoms with van der Waals surface area (Å²) < 4.78 is 4.62. The van der Waals surface area contributed by atoms with E-state index in [0.717, 1.165) is 5.56 Å². The number of aliphatic carboxylic acids is 1. The topological polar surface area (TPSA) is 159 Å². The highest BCUT2D eigenvalue weighted by Crippen LogP contribution is 2.20. The highest BCUT2D eigenvalue weighted by Gasteiger charge is 2.38. The van der Waals surface area contributed by atoms with Gasteiger partial charge in [0.25, 0.3) is 5.91 Å². The van der Waals surface area contributed by atoms with Crippen molar-refractivity contribution in [1.82, 2.24) is 15.1 Å². The zero-order valence-electron chi connectivity index (χ0n) is 18.3. The maximum Gasteiger partial charge on any atom is 0.323 e. The Labute approximate surface area is 197 Å². The van der Waals surface area contributed by atoms with E-state index >= 15 is 0 Å². The molecule has 12 heteroatoms. The molecule has 1 saturated heterocycles. The fourth-order valence-corrected chi connectivity index (χ4v) is 3.44. The normalized spacial score (nSPS) is 15.5. The molecule has 0 unspecified atom stereocenters. The number of rotatable bonds is 10. The van der Waals surface area contributed by atoms with Crippen LogP contribution in [0.4, 0.5) is 0 Å². The van der Waals surface area contributed by atoms with Gasteiger partial charge in [-0.15, -0.1) is 12.4 Å². The molecule has 182 valence electrons. The van der Waals surface area contributed by atoms with Crippen molar-refractivity contribution < 1.29 is 33.8 Å². The lowest BCUT2D eigenvalue weighted by Gasteiger charge is -2.40. The molecule has 33 heavy (non-hydrogen) atoms. The lowest BCUT2D eigenvalue weighted by atomic mass is 10.0. The number of piperazine rings is 1. The Bertz CT molecular complexity index is 863. The molecular formula is C21H29ClN4O7. The Morgan fingerprint density at radius 3 is 2.42 bits per heavy atom. The first-order chi connectivity index (χ1) is 15.3. The zero-order valence-corrected chi connectivity index (χ0v) is 19.1. The van der Waals surface area contributed by atoms with Gasteiger partial charge in [-0.2, -0.15) is 0 Å². The number of amides is 3. The van der Waals surface area contributed by atoms with Crippen molar-refractivity contribution in [2.24, 2.45) is 5.73 Å². The zero-order chi connectivity index (χ0) is 23.7. The predicted octanol–water partition coefficient (Wildman–Crippen LogP) is -0.583. The van der Waals surface area contributed by atoms with E-state index < -0.39 is 30.4 Å². The summed E-state index contributed by atoms with van der Waals surface area (Å²) in [4.78, 5) is 62.3. The van der Waals surface area contributed by atoms with Crippen molar-refractivity contribution in [2.75, 3.05) is 39.8 Å². The number of carbonyl (C=O) groups is 5. The lowest BCUT2D eigenvalue weighted by molar-refractivity contribution is -0.150. The van der Waals surface area contributed by atoms with E-state index in [-0.39, 0.29) is 56.7 Å². The van der Waals surface area contributed by atoms with Crippen LogP contribution in [0.15, 0.2) is 24.3 Å². The summed E-state index contributed by atoms with van der Waals surface area (Å²) in [7, 11) is 1.23. The largest absolute Gasteiger partial charge is 0.480 e. The van der Waals surface area contributed by atoms with Crippen molar-refractivity contribution in [3.05, 3.63) is 35.4 Å². The van der Waals surface area contributed by atoms with Gasteiger partial charge >= 0.3 is 11.9 Å². The molecule has 2 rings (SSSR count). The minimum Gasteiger partial charge on any atom is -0.480 e. The number of carboxylic acids is 1. The van der Waals surface area contributed by atoms with Gasteiger partial charge < -0.3 is 30.7 Å². The van der Waals surface area contributed by atoms with Crippen LogP contribution in [0.3, 0.4) is 0 Å². The molecule has 1 aromatic rings. The van der Waals surface area contributed by atoms with Gasteiger partial charge in [0.15, 0.2) is 0 Å². The van der Waals surface area contributed by atoms with Crippen LogP contribution in [-0.2, 0) is 30.3 Å². The van der Waals surface area contributed by atoms with Gasteiger partial charge in [-0.25, -0.2) is 0 Å². The van der Waals surface area contributed by atoms with Gasteiger partial charge in [-0.1, -0.05) is 12.1 Å². The number of esters is 1. The highest BCUT2D eigenvalue weighted by atomic mass is 35.5. The van der Waals surface area contributed by atoms with Crippen LogP contribution in [0.5, 0.6) is 0 Å². The van der Waals surface area contributed by atoms with Crippen molar-refractivity contribution in [3.63, 3.8) is 0 Å². The Hall–Kier alpha value is -3.18. The second-order valence-corrected chi connectivity index (χ2v) is 7.28. The molecule has 11 nitrogen and oxygen atoms in total. The predicted molar refractivity (Wildman–Crippen MR) is 120 cm³/mol. The van der Waals surface area contributed by atoms with Crippen molar-refractivity contribution in [3.8, 4) is 0 Å². The quantitative estimate of drug-likeness (QED) is 0.372. The van der Waals surface area contributed by atoms with Crippen LogP contribution in [-0.4, -0.2) is 90.4 Å². The molecule has 0 spiro atoms. The standard InChI is InChI=1S/C21H28N4O7.ClH/c1-32-19(29)7-6-16-21(31)24(13-18(27)28)10-11-25(16)20(30)15-4-2-14(3-5-15)8-9-23-17(26)12-22;/h2-5,16H,6-13,22H2,1H3,(H,23,26)(H,27,28);1H/t16-;/m0./s1. The first kappa shape index (κ1) is 27.9. The summed E-state index contributed by atoms with van der Waals surface area (Å²) in [6, 6.07) is 5.82. The summed E-state index contributed by atoms with van der Waals surface area (Å²) in [5.74, 6) is -2.81. The Morgan fingerprint density at radius 1 is 1.18 bits per heavy atom. The average Bonchev–Trinajstić information content (AvgIpc) is 2.78. The molecule has 3 amide bonds. The number of nitrogens with zero attached hydrogens (tertiary/aromatic N) is 2. The van der Waals surface area contributed by atoms with E-state index in [1.54, 1.807) is 24.3 Å². The number of hydrogen-bond acceptors (Lipinski definition) is 7. The summed E-state index contributed by atoms with van der Waals surface area (Å²) in [6.07, 6.45) is 0.520. The number of ether oxygens (including phenoxy) is 1. The number of carboxylic acid groups (broad SMARTS) is 1. The lowest BCUT2D eigenvalue weighted by Crippen LogP contribution is -2.59. The van der Waals surface area contributed by atoms with Crippen LogP contribution in [0, 0.1) is 0 Å². The number of methoxy groups -OCH3 is 1. The van der Waals surface area contributed by atoms with E-state index in [1.165, 1.54) is 16.9 Å². The summed E-state index contributed by atoms with van der Waals surface area (Å²) >= 11 is 0. The van der Waals surface area contributed by atoms with Crippen molar-refractivity contribution in [1.29, 1.82) is 0 Å². The number of hydrogen-bond donors (Lipinski definition) is 3. The summed E-state index contributed by atoms with van der Waals surface area (Å²) in [6.45, 7) is 0.105. The number of benzene rings is 1. The van der Waals surface area contributed by atoms with Gasteiger partial charge in [0.2, 0.25) is 11.8 Å². The first-order valence-corrected chi connectivity index (χ1v) is 10.2. The summed E-state index contributed by atoms with van der Waals surface area (Å²) in [5, 5.41) is 11.7. The molecule has 0 radical (unpaired) electrons. The second kappa shape index (κ2) is 13.4. The molecule has 0 aromatic heterocycles. The molecule has 1 atom stereocenters. The second-order valence-electron chi connectivity index (χ2n) is 7.28. The molecule has 1 aliphatic heterocycles. The first-order valence-electron chi connectivity index (χ1n) is 10.2. The monoisotopic (exact) mass is 484 g/mol. The van der Waals surface area contributed by atoms with Gasteiger partial charge in [0.05, 0.1) is 13.7 Å². The molecule has 4 N–H and O–H groups in total. The van der Waals surface area contributed by atoms with Crippen LogP contribution >= 0.6 is 12.4 Å². The maximum atomic E-state index is 13.1. The molecule has 1 heterocycles. The maximum absolute atomic E-state index is 13.1. The van der Waals surface area contributed by atoms with Gasteiger partial charge in [-0.05, 0) is 30.5 Å². The van der Waals surface area contributed by atoms with Crippen LogP contribution in [0.25, 0.3) is 0 Å². The number of nitrogens with two attached hydrogens (primary N) is 1. The van der Waals surface area contributed by atoms with E-state index in [4.69, 9.17) is 10.8 Å². The molecule has 1 aromatic carbocycles. The Kier molecular flexibility index (Phi) is 11.3. The van der Waals surface area contributed by atoms with Crippen LogP contribution in [0.2, 0.25) is 0 Å². The molecule has 0 bridgehead atoms.